The van der Waals surface area contributed by atoms with Crippen LogP contribution in [0.1, 0.15) is 25.8 Å². The van der Waals surface area contributed by atoms with Gasteiger partial charge in [0.2, 0.25) is 0 Å². The number of benzene rings is 1. The Balaban J connectivity index is 2.08. The zero-order valence-electron chi connectivity index (χ0n) is 12.9. The number of anilines is 1. The molecule has 0 bridgehead atoms. The lowest BCUT2D eigenvalue weighted by molar-refractivity contribution is 0.00857. The maximum absolute atomic E-state index is 12.5. The zero-order valence-corrected chi connectivity index (χ0v) is 13.6. The number of carbonyl (C=O) groups excluding carboxylic acids is 1. The molecule has 0 aromatic heterocycles. The number of urea groups is 1. The van der Waals surface area contributed by atoms with E-state index >= 15 is 0 Å². The molecule has 1 atom stereocenters. The lowest BCUT2D eigenvalue weighted by Gasteiger charge is -2.36. The van der Waals surface area contributed by atoms with Gasteiger partial charge in [-0.1, -0.05) is 31.5 Å². The van der Waals surface area contributed by atoms with E-state index in [0.717, 1.165) is 17.7 Å². The van der Waals surface area contributed by atoms with Crippen molar-refractivity contribution in [3.05, 3.63) is 28.8 Å². The Labute approximate surface area is 131 Å². The summed E-state index contributed by atoms with van der Waals surface area (Å²) < 4.78 is 5.51. The Bertz CT molecular complexity index is 505. The third-order valence-electron chi connectivity index (χ3n) is 3.74. The Morgan fingerprint density at radius 2 is 2.29 bits per heavy atom. The third kappa shape index (κ3) is 4.11. The minimum Gasteiger partial charge on any atom is -0.377 e. The molecule has 5 heteroatoms. The first-order chi connectivity index (χ1) is 9.99. The van der Waals surface area contributed by atoms with Gasteiger partial charge in [0.05, 0.1) is 19.3 Å². The second kappa shape index (κ2) is 7.14. The molecule has 4 nitrogen and oxygen atoms in total. The van der Waals surface area contributed by atoms with Gasteiger partial charge in [0.1, 0.15) is 0 Å². The Hall–Kier alpha value is -1.26. The fraction of sp³-hybridized carbons (Fsp3) is 0.562. The second-order valence-electron chi connectivity index (χ2n) is 5.89. The van der Waals surface area contributed by atoms with Gasteiger partial charge in [0.15, 0.2) is 0 Å². The van der Waals surface area contributed by atoms with Crippen molar-refractivity contribution < 1.29 is 9.53 Å². The molecule has 0 spiro atoms. The van der Waals surface area contributed by atoms with E-state index in [4.69, 9.17) is 16.3 Å². The van der Waals surface area contributed by atoms with Crippen molar-refractivity contribution in [3.63, 3.8) is 0 Å². The lowest BCUT2D eigenvalue weighted by atomic mass is 10.0. The van der Waals surface area contributed by atoms with Gasteiger partial charge in [-0.15, -0.1) is 0 Å². The highest BCUT2D eigenvalue weighted by Crippen LogP contribution is 2.24. The van der Waals surface area contributed by atoms with Crippen molar-refractivity contribution in [2.45, 2.75) is 33.2 Å². The Kier molecular flexibility index (Phi) is 5.48. The van der Waals surface area contributed by atoms with Crippen molar-refractivity contribution in [2.24, 2.45) is 5.92 Å². The normalized spacial score (nSPS) is 18.9. The molecular weight excluding hydrogens is 288 g/mol. The monoisotopic (exact) mass is 310 g/mol. The van der Waals surface area contributed by atoms with Gasteiger partial charge in [-0.3, -0.25) is 0 Å². The highest BCUT2D eigenvalue weighted by molar-refractivity contribution is 6.31. The number of hydrogen-bond acceptors (Lipinski definition) is 2. The van der Waals surface area contributed by atoms with E-state index in [9.17, 15) is 4.79 Å². The van der Waals surface area contributed by atoms with Crippen LogP contribution in [0.2, 0.25) is 5.02 Å². The number of amides is 2. The van der Waals surface area contributed by atoms with Gasteiger partial charge in [0.25, 0.3) is 0 Å². The van der Waals surface area contributed by atoms with Crippen LogP contribution in [0.5, 0.6) is 0 Å². The molecule has 0 aliphatic carbocycles. The van der Waals surface area contributed by atoms with E-state index < -0.39 is 0 Å². The quantitative estimate of drug-likeness (QED) is 0.919. The molecule has 0 saturated carbocycles. The summed E-state index contributed by atoms with van der Waals surface area (Å²) in [5.41, 5.74) is 1.66. The second-order valence-corrected chi connectivity index (χ2v) is 6.30. The van der Waals surface area contributed by atoms with E-state index in [1.54, 1.807) is 0 Å². The summed E-state index contributed by atoms with van der Waals surface area (Å²) >= 11 is 6.10. The number of morpholine rings is 1. The highest BCUT2D eigenvalue weighted by Gasteiger charge is 2.28. The first-order valence-electron chi connectivity index (χ1n) is 7.39. The molecule has 116 valence electrons. The number of hydrogen-bond donors (Lipinski definition) is 1. The summed E-state index contributed by atoms with van der Waals surface area (Å²) in [6.45, 7) is 8.06. The van der Waals surface area contributed by atoms with Crippen molar-refractivity contribution in [2.75, 3.05) is 25.1 Å². The standard InChI is InChI=1S/C16H23ClN2O2/c1-11(2)9-13-10-21-8-7-19(13)16(20)18-15-6-4-5-14(17)12(15)3/h4-6,11,13H,7-10H2,1-3H3,(H,18,20). The van der Waals surface area contributed by atoms with Crippen LogP contribution in [-0.4, -0.2) is 36.7 Å². The summed E-state index contributed by atoms with van der Waals surface area (Å²) in [6, 6.07) is 5.60. The van der Waals surface area contributed by atoms with Gasteiger partial charge in [-0.05, 0) is 37.0 Å². The Morgan fingerprint density at radius 3 is 3.00 bits per heavy atom. The zero-order chi connectivity index (χ0) is 15.4. The molecule has 1 aromatic rings. The first kappa shape index (κ1) is 16.1. The van der Waals surface area contributed by atoms with Crippen molar-refractivity contribution in [1.29, 1.82) is 0 Å². The van der Waals surface area contributed by atoms with Crippen LogP contribution in [0.15, 0.2) is 18.2 Å². The van der Waals surface area contributed by atoms with Crippen molar-refractivity contribution >= 4 is 23.3 Å². The molecule has 1 saturated heterocycles. The summed E-state index contributed by atoms with van der Waals surface area (Å²) in [7, 11) is 0. The molecule has 1 aliphatic rings. The predicted molar refractivity (Wildman–Crippen MR) is 86.0 cm³/mol. The SMILES string of the molecule is Cc1c(Cl)cccc1NC(=O)N1CCOCC1CC(C)C. The molecule has 1 unspecified atom stereocenters. The minimum atomic E-state index is -0.0747. The molecule has 2 rings (SSSR count). The van der Waals surface area contributed by atoms with E-state index in [-0.39, 0.29) is 12.1 Å². The summed E-state index contributed by atoms with van der Waals surface area (Å²) in [5, 5.41) is 3.63. The largest absolute Gasteiger partial charge is 0.377 e. The van der Waals surface area contributed by atoms with Gasteiger partial charge >= 0.3 is 6.03 Å². The number of nitrogens with zero attached hydrogens (tertiary/aromatic N) is 1. The van der Waals surface area contributed by atoms with Gasteiger partial charge < -0.3 is 15.0 Å². The maximum Gasteiger partial charge on any atom is 0.322 e. The smallest absolute Gasteiger partial charge is 0.322 e. The van der Waals surface area contributed by atoms with Crippen LogP contribution in [0.25, 0.3) is 0 Å². The van der Waals surface area contributed by atoms with Crippen LogP contribution in [-0.2, 0) is 4.74 Å². The van der Waals surface area contributed by atoms with E-state index in [0.29, 0.717) is 30.7 Å². The van der Waals surface area contributed by atoms with E-state index in [1.807, 2.05) is 30.0 Å². The molecule has 1 aliphatic heterocycles. The molecule has 1 aromatic carbocycles. The summed E-state index contributed by atoms with van der Waals surface area (Å²) in [6.07, 6.45) is 0.946. The highest BCUT2D eigenvalue weighted by atomic mass is 35.5. The van der Waals surface area contributed by atoms with Gasteiger partial charge in [-0.25, -0.2) is 4.79 Å². The molecule has 0 radical (unpaired) electrons. The molecule has 1 N–H and O–H groups in total. The minimum absolute atomic E-state index is 0.0747. The predicted octanol–water partition coefficient (Wildman–Crippen LogP) is 3.93. The maximum atomic E-state index is 12.5. The van der Waals surface area contributed by atoms with E-state index in [2.05, 4.69) is 19.2 Å². The fourth-order valence-corrected chi connectivity index (χ4v) is 2.77. The topological polar surface area (TPSA) is 41.6 Å². The summed E-state index contributed by atoms with van der Waals surface area (Å²) in [4.78, 5) is 14.4. The fourth-order valence-electron chi connectivity index (χ4n) is 2.59. The van der Waals surface area contributed by atoms with Crippen molar-refractivity contribution in [3.8, 4) is 0 Å². The molecule has 21 heavy (non-hydrogen) atoms. The molecule has 2 amide bonds. The third-order valence-corrected chi connectivity index (χ3v) is 4.15. The van der Waals surface area contributed by atoms with Gasteiger partial charge in [-0.2, -0.15) is 0 Å². The molecular formula is C16H23ClN2O2. The lowest BCUT2D eigenvalue weighted by Crippen LogP contribution is -2.50. The molecule has 1 fully saturated rings. The van der Waals surface area contributed by atoms with Crippen LogP contribution < -0.4 is 5.32 Å². The van der Waals surface area contributed by atoms with Crippen LogP contribution in [0.4, 0.5) is 10.5 Å². The average molecular weight is 311 g/mol. The number of rotatable bonds is 3. The first-order valence-corrected chi connectivity index (χ1v) is 7.77. The Morgan fingerprint density at radius 1 is 1.52 bits per heavy atom. The number of ether oxygens (including phenoxy) is 1. The summed E-state index contributed by atoms with van der Waals surface area (Å²) in [5.74, 6) is 0.528. The van der Waals surface area contributed by atoms with Crippen LogP contribution in [0, 0.1) is 12.8 Å². The van der Waals surface area contributed by atoms with Crippen LogP contribution in [0.3, 0.4) is 0 Å². The average Bonchev–Trinajstić information content (AvgIpc) is 2.44. The number of carbonyl (C=O) groups is 1. The molecule has 1 heterocycles. The van der Waals surface area contributed by atoms with Gasteiger partial charge in [0, 0.05) is 17.3 Å². The number of nitrogens with one attached hydrogen (secondary N) is 1. The van der Waals surface area contributed by atoms with Crippen LogP contribution >= 0.6 is 11.6 Å². The van der Waals surface area contributed by atoms with Crippen molar-refractivity contribution in [1.82, 2.24) is 4.90 Å². The number of halogens is 1. The van der Waals surface area contributed by atoms with E-state index in [1.165, 1.54) is 0 Å².